The molecule has 0 unspecified atom stereocenters. The molecule has 1 aromatic rings. The minimum Gasteiger partial charge on any atom is -0.396 e. The Morgan fingerprint density at radius 3 is 2.74 bits per heavy atom. The molecule has 0 aromatic heterocycles. The third kappa shape index (κ3) is 3.29. The molecule has 4 nitrogen and oxygen atoms in total. The standard InChI is InChI=1S/C14H19NO3S/c1-14(18)9-12(19-8-7-16)13(17)15(14)10-11-5-3-2-4-6-11/h2-6,12,16,18H,7-10H2,1H3/t12-,14+/m0/s1. The minimum absolute atomic E-state index is 0.0488. The van der Waals surface area contributed by atoms with Gasteiger partial charge in [0.15, 0.2) is 0 Å². The van der Waals surface area contributed by atoms with Gasteiger partial charge in [-0.2, -0.15) is 0 Å². The molecule has 1 fully saturated rings. The second kappa shape index (κ2) is 5.94. The topological polar surface area (TPSA) is 60.8 Å². The summed E-state index contributed by atoms with van der Waals surface area (Å²) >= 11 is 1.41. The monoisotopic (exact) mass is 281 g/mol. The smallest absolute Gasteiger partial charge is 0.238 e. The molecule has 1 aliphatic heterocycles. The average molecular weight is 281 g/mol. The summed E-state index contributed by atoms with van der Waals surface area (Å²) in [6.07, 6.45) is 0.406. The highest BCUT2D eigenvalue weighted by atomic mass is 32.2. The molecule has 2 atom stereocenters. The predicted molar refractivity (Wildman–Crippen MR) is 75.6 cm³/mol. The van der Waals surface area contributed by atoms with Crippen LogP contribution in [-0.2, 0) is 11.3 Å². The van der Waals surface area contributed by atoms with Crippen LogP contribution in [0.1, 0.15) is 18.9 Å². The fourth-order valence-electron chi connectivity index (χ4n) is 2.30. The van der Waals surface area contributed by atoms with Gasteiger partial charge < -0.3 is 15.1 Å². The first-order valence-electron chi connectivity index (χ1n) is 6.35. The average Bonchev–Trinajstić information content (AvgIpc) is 2.61. The Morgan fingerprint density at radius 1 is 1.42 bits per heavy atom. The van der Waals surface area contributed by atoms with E-state index in [2.05, 4.69) is 0 Å². The minimum atomic E-state index is -1.11. The number of likely N-dealkylation sites (tertiary alicyclic amines) is 1. The zero-order valence-corrected chi connectivity index (χ0v) is 11.8. The van der Waals surface area contributed by atoms with Crippen molar-refractivity contribution >= 4 is 17.7 Å². The van der Waals surface area contributed by atoms with Gasteiger partial charge in [-0.05, 0) is 12.5 Å². The highest BCUT2D eigenvalue weighted by Gasteiger charge is 2.46. The highest BCUT2D eigenvalue weighted by molar-refractivity contribution is 8.00. The van der Waals surface area contributed by atoms with E-state index >= 15 is 0 Å². The van der Waals surface area contributed by atoms with Crippen molar-refractivity contribution in [3.8, 4) is 0 Å². The normalized spacial score (nSPS) is 27.0. The number of hydrogen-bond donors (Lipinski definition) is 2. The molecule has 0 aliphatic carbocycles. The van der Waals surface area contributed by atoms with Crippen molar-refractivity contribution in [2.45, 2.75) is 30.9 Å². The maximum Gasteiger partial charge on any atom is 0.238 e. The highest BCUT2D eigenvalue weighted by Crippen LogP contribution is 2.35. The summed E-state index contributed by atoms with van der Waals surface area (Å²) in [5, 5.41) is 19.0. The van der Waals surface area contributed by atoms with Crippen LogP contribution in [0.4, 0.5) is 0 Å². The molecule has 1 aromatic carbocycles. The molecular formula is C14H19NO3S. The van der Waals surface area contributed by atoms with E-state index in [-0.39, 0.29) is 17.8 Å². The summed E-state index contributed by atoms with van der Waals surface area (Å²) in [6, 6.07) is 9.65. The Hall–Kier alpha value is -1.04. The lowest BCUT2D eigenvalue weighted by atomic mass is 10.1. The molecule has 19 heavy (non-hydrogen) atoms. The predicted octanol–water partition coefficient (Wildman–Crippen LogP) is 1.22. The van der Waals surface area contributed by atoms with Crippen molar-refractivity contribution in [2.75, 3.05) is 12.4 Å². The van der Waals surface area contributed by atoms with Gasteiger partial charge in [0, 0.05) is 18.7 Å². The number of rotatable bonds is 5. The summed E-state index contributed by atoms with van der Waals surface area (Å²) in [6.45, 7) is 2.14. The second-order valence-electron chi connectivity index (χ2n) is 4.91. The summed E-state index contributed by atoms with van der Waals surface area (Å²) in [5.74, 6) is 0.471. The number of carbonyl (C=O) groups excluding carboxylic acids is 1. The molecule has 2 N–H and O–H groups in total. The summed E-state index contributed by atoms with van der Waals surface area (Å²) in [5.41, 5.74) is -0.107. The van der Waals surface area contributed by atoms with Gasteiger partial charge >= 0.3 is 0 Å². The van der Waals surface area contributed by atoms with E-state index in [0.29, 0.717) is 18.7 Å². The Morgan fingerprint density at radius 2 is 2.11 bits per heavy atom. The molecule has 104 valence electrons. The van der Waals surface area contributed by atoms with Crippen molar-refractivity contribution in [3.05, 3.63) is 35.9 Å². The summed E-state index contributed by atoms with van der Waals surface area (Å²) in [7, 11) is 0. The molecule has 0 spiro atoms. The number of hydrogen-bond acceptors (Lipinski definition) is 4. The molecule has 1 saturated heterocycles. The number of nitrogens with zero attached hydrogens (tertiary/aromatic N) is 1. The number of aliphatic hydroxyl groups is 2. The van der Waals surface area contributed by atoms with Gasteiger partial charge in [0.1, 0.15) is 5.72 Å². The van der Waals surface area contributed by atoms with Gasteiger partial charge in [-0.25, -0.2) is 0 Å². The third-order valence-corrected chi connectivity index (χ3v) is 4.48. The van der Waals surface area contributed by atoms with Crippen LogP contribution < -0.4 is 0 Å². The lowest BCUT2D eigenvalue weighted by Crippen LogP contribution is -2.42. The van der Waals surface area contributed by atoms with E-state index < -0.39 is 5.72 Å². The molecule has 0 radical (unpaired) electrons. The molecule has 2 rings (SSSR count). The van der Waals surface area contributed by atoms with Gasteiger partial charge in [-0.3, -0.25) is 4.79 Å². The first-order chi connectivity index (χ1) is 9.04. The second-order valence-corrected chi connectivity index (χ2v) is 6.22. The van der Waals surface area contributed by atoms with E-state index in [1.54, 1.807) is 6.92 Å². The SMILES string of the molecule is C[C@@]1(O)C[C@H](SCCO)C(=O)N1Cc1ccccc1. The van der Waals surface area contributed by atoms with Crippen molar-refractivity contribution in [1.29, 1.82) is 0 Å². The zero-order valence-electron chi connectivity index (χ0n) is 11.0. The van der Waals surface area contributed by atoms with Crippen LogP contribution in [0.15, 0.2) is 30.3 Å². The van der Waals surface area contributed by atoms with Crippen molar-refractivity contribution in [2.24, 2.45) is 0 Å². The molecule has 0 saturated carbocycles. The molecule has 5 heteroatoms. The molecule has 1 amide bonds. The molecule has 0 bridgehead atoms. The Bertz CT molecular complexity index is 436. The number of thioether (sulfide) groups is 1. The molecule has 1 aliphatic rings. The third-order valence-electron chi connectivity index (χ3n) is 3.29. The van der Waals surface area contributed by atoms with Crippen LogP contribution in [0.5, 0.6) is 0 Å². The fourth-order valence-corrected chi connectivity index (χ4v) is 3.39. The molecule has 1 heterocycles. The van der Waals surface area contributed by atoms with Crippen LogP contribution in [0.2, 0.25) is 0 Å². The van der Waals surface area contributed by atoms with Gasteiger partial charge in [-0.15, -0.1) is 11.8 Å². The van der Waals surface area contributed by atoms with E-state index in [0.717, 1.165) is 5.56 Å². The lowest BCUT2D eigenvalue weighted by molar-refractivity contribution is -0.143. The lowest BCUT2D eigenvalue weighted by Gasteiger charge is -2.29. The van der Waals surface area contributed by atoms with Crippen molar-refractivity contribution in [1.82, 2.24) is 4.90 Å². The summed E-state index contributed by atoms with van der Waals surface area (Å²) < 4.78 is 0. The largest absolute Gasteiger partial charge is 0.396 e. The first kappa shape index (κ1) is 14.4. The van der Waals surface area contributed by atoms with Gasteiger partial charge in [0.2, 0.25) is 5.91 Å². The first-order valence-corrected chi connectivity index (χ1v) is 7.40. The maximum atomic E-state index is 12.3. The summed E-state index contributed by atoms with van der Waals surface area (Å²) in [4.78, 5) is 13.8. The van der Waals surface area contributed by atoms with E-state index in [1.807, 2.05) is 30.3 Å². The Balaban J connectivity index is 2.08. The zero-order chi connectivity index (χ0) is 13.9. The van der Waals surface area contributed by atoms with Crippen LogP contribution in [0, 0.1) is 0 Å². The van der Waals surface area contributed by atoms with Crippen LogP contribution in [-0.4, -0.2) is 44.4 Å². The Labute approximate surface area is 117 Å². The van der Waals surface area contributed by atoms with Gasteiger partial charge in [-0.1, -0.05) is 30.3 Å². The van der Waals surface area contributed by atoms with E-state index in [4.69, 9.17) is 5.11 Å². The maximum absolute atomic E-state index is 12.3. The van der Waals surface area contributed by atoms with Crippen LogP contribution in [0.25, 0.3) is 0 Å². The number of aliphatic hydroxyl groups excluding tert-OH is 1. The Kier molecular flexibility index (Phi) is 4.50. The molecular weight excluding hydrogens is 262 g/mol. The van der Waals surface area contributed by atoms with Crippen molar-refractivity contribution in [3.63, 3.8) is 0 Å². The van der Waals surface area contributed by atoms with Crippen molar-refractivity contribution < 1.29 is 15.0 Å². The quantitative estimate of drug-likeness (QED) is 0.852. The fraction of sp³-hybridized carbons (Fsp3) is 0.500. The number of benzene rings is 1. The number of carbonyl (C=O) groups is 1. The van der Waals surface area contributed by atoms with E-state index in [1.165, 1.54) is 16.7 Å². The van der Waals surface area contributed by atoms with Gasteiger partial charge in [0.05, 0.1) is 11.9 Å². The van der Waals surface area contributed by atoms with E-state index in [9.17, 15) is 9.90 Å². The number of amides is 1. The van der Waals surface area contributed by atoms with Crippen LogP contribution in [0.3, 0.4) is 0 Å². The van der Waals surface area contributed by atoms with Crippen LogP contribution >= 0.6 is 11.8 Å². The van der Waals surface area contributed by atoms with Gasteiger partial charge in [0.25, 0.3) is 0 Å².